The van der Waals surface area contributed by atoms with Crippen LogP contribution in [0.4, 0.5) is 11.8 Å². The summed E-state index contributed by atoms with van der Waals surface area (Å²) < 4.78 is 5.41. The van der Waals surface area contributed by atoms with Crippen LogP contribution in [0.3, 0.4) is 0 Å². The van der Waals surface area contributed by atoms with Crippen LogP contribution in [-0.4, -0.2) is 23.6 Å². The van der Waals surface area contributed by atoms with Crippen molar-refractivity contribution in [2.75, 3.05) is 24.3 Å². The largest absolute Gasteiger partial charge is 0.496 e. The molecule has 132 valence electrons. The second-order valence-electron chi connectivity index (χ2n) is 5.66. The monoisotopic (exact) mass is 346 g/mol. The maximum atomic E-state index is 5.41. The summed E-state index contributed by atoms with van der Waals surface area (Å²) in [5.41, 5.74) is 2.96. The quantitative estimate of drug-likeness (QED) is 0.593. The van der Waals surface area contributed by atoms with Gasteiger partial charge in [0, 0.05) is 30.3 Å². The number of hydrogen-bond donors (Lipinski definition) is 2. The molecule has 0 spiro atoms. The van der Waals surface area contributed by atoms with Gasteiger partial charge in [0.1, 0.15) is 11.6 Å². The second kappa shape index (κ2) is 8.67. The lowest BCUT2D eigenvalue weighted by molar-refractivity contribution is 0.410. The van der Waals surface area contributed by atoms with E-state index >= 15 is 0 Å². The number of ether oxygens (including phenoxy) is 1. The molecule has 2 N–H and O–H groups in total. The molecule has 0 amide bonds. The Labute approximate surface area is 153 Å². The SMILES string of the molecule is C=CCNc1nc(NCc2ccccc2OC)cc(-c2ccccc2)n1. The van der Waals surface area contributed by atoms with E-state index in [1.807, 2.05) is 60.7 Å². The molecule has 0 aliphatic rings. The average Bonchev–Trinajstić information content (AvgIpc) is 2.71. The molecular formula is C21H22N4O. The van der Waals surface area contributed by atoms with E-state index in [4.69, 9.17) is 4.74 Å². The maximum absolute atomic E-state index is 5.41. The highest BCUT2D eigenvalue weighted by molar-refractivity contribution is 5.64. The predicted molar refractivity (Wildman–Crippen MR) is 106 cm³/mol. The first-order valence-electron chi connectivity index (χ1n) is 8.45. The smallest absolute Gasteiger partial charge is 0.225 e. The van der Waals surface area contributed by atoms with Gasteiger partial charge >= 0.3 is 0 Å². The first-order valence-corrected chi connectivity index (χ1v) is 8.45. The number of nitrogens with one attached hydrogen (secondary N) is 2. The van der Waals surface area contributed by atoms with Gasteiger partial charge in [0.25, 0.3) is 0 Å². The number of methoxy groups -OCH3 is 1. The fourth-order valence-electron chi connectivity index (χ4n) is 2.57. The Bertz CT molecular complexity index is 865. The topological polar surface area (TPSA) is 59.1 Å². The average molecular weight is 346 g/mol. The normalized spacial score (nSPS) is 10.2. The summed E-state index contributed by atoms with van der Waals surface area (Å²) in [5, 5.41) is 6.53. The number of para-hydroxylation sites is 1. The van der Waals surface area contributed by atoms with Crippen molar-refractivity contribution in [3.63, 3.8) is 0 Å². The van der Waals surface area contributed by atoms with E-state index in [1.165, 1.54) is 0 Å². The lowest BCUT2D eigenvalue weighted by Crippen LogP contribution is -2.08. The molecule has 0 saturated heterocycles. The fraction of sp³-hybridized carbons (Fsp3) is 0.143. The molecule has 5 nitrogen and oxygen atoms in total. The number of rotatable bonds is 8. The molecule has 0 fully saturated rings. The molecule has 2 aromatic carbocycles. The Morgan fingerprint density at radius 3 is 2.54 bits per heavy atom. The Kier molecular flexibility index (Phi) is 5.83. The maximum Gasteiger partial charge on any atom is 0.225 e. The van der Waals surface area contributed by atoms with Crippen LogP contribution in [-0.2, 0) is 6.54 Å². The zero-order valence-corrected chi connectivity index (χ0v) is 14.8. The molecule has 0 saturated carbocycles. The molecule has 0 radical (unpaired) electrons. The number of aromatic nitrogens is 2. The third-order valence-electron chi connectivity index (χ3n) is 3.85. The van der Waals surface area contributed by atoms with Gasteiger partial charge < -0.3 is 15.4 Å². The Hall–Kier alpha value is -3.34. The van der Waals surface area contributed by atoms with Gasteiger partial charge in [-0.2, -0.15) is 4.98 Å². The van der Waals surface area contributed by atoms with Crippen molar-refractivity contribution in [2.24, 2.45) is 0 Å². The van der Waals surface area contributed by atoms with E-state index in [9.17, 15) is 0 Å². The number of nitrogens with zero attached hydrogens (tertiary/aromatic N) is 2. The summed E-state index contributed by atoms with van der Waals surface area (Å²) in [5.74, 6) is 2.16. The predicted octanol–water partition coefficient (Wildman–Crippen LogP) is 4.36. The van der Waals surface area contributed by atoms with Gasteiger partial charge in [-0.3, -0.25) is 0 Å². The van der Waals surface area contributed by atoms with Crippen molar-refractivity contribution >= 4 is 11.8 Å². The molecule has 3 aromatic rings. The highest BCUT2D eigenvalue weighted by Crippen LogP contribution is 2.23. The van der Waals surface area contributed by atoms with Crippen LogP contribution >= 0.6 is 0 Å². The van der Waals surface area contributed by atoms with Crippen LogP contribution in [0.25, 0.3) is 11.3 Å². The molecule has 1 aromatic heterocycles. The third-order valence-corrected chi connectivity index (χ3v) is 3.85. The standard InChI is InChI=1S/C21H22N4O/c1-3-13-22-21-24-18(16-9-5-4-6-10-16)14-20(25-21)23-15-17-11-7-8-12-19(17)26-2/h3-12,14H,1,13,15H2,2H3,(H2,22,23,24,25). The van der Waals surface area contributed by atoms with Crippen LogP contribution in [0, 0.1) is 0 Å². The van der Waals surface area contributed by atoms with Gasteiger partial charge in [0.15, 0.2) is 0 Å². The van der Waals surface area contributed by atoms with Gasteiger partial charge in [-0.05, 0) is 6.07 Å². The molecular weight excluding hydrogens is 324 g/mol. The van der Waals surface area contributed by atoms with Crippen LogP contribution in [0.15, 0.2) is 73.3 Å². The lowest BCUT2D eigenvalue weighted by atomic mass is 10.1. The van der Waals surface area contributed by atoms with E-state index in [2.05, 4.69) is 27.2 Å². The van der Waals surface area contributed by atoms with E-state index in [0.29, 0.717) is 19.0 Å². The molecule has 0 aliphatic carbocycles. The van der Waals surface area contributed by atoms with Crippen molar-refractivity contribution in [3.8, 4) is 17.0 Å². The molecule has 3 rings (SSSR count). The van der Waals surface area contributed by atoms with Gasteiger partial charge in [0.05, 0.1) is 12.8 Å². The van der Waals surface area contributed by atoms with Crippen LogP contribution < -0.4 is 15.4 Å². The van der Waals surface area contributed by atoms with Crippen molar-refractivity contribution < 1.29 is 4.74 Å². The third kappa shape index (κ3) is 4.39. The van der Waals surface area contributed by atoms with E-state index < -0.39 is 0 Å². The lowest BCUT2D eigenvalue weighted by Gasteiger charge is -2.12. The summed E-state index contributed by atoms with van der Waals surface area (Å²) in [6, 6.07) is 19.9. The molecule has 0 atom stereocenters. The highest BCUT2D eigenvalue weighted by Gasteiger charge is 2.08. The van der Waals surface area contributed by atoms with Gasteiger partial charge in [-0.1, -0.05) is 54.6 Å². The molecule has 0 bridgehead atoms. The van der Waals surface area contributed by atoms with Gasteiger partial charge in [0.2, 0.25) is 5.95 Å². The Morgan fingerprint density at radius 2 is 1.77 bits per heavy atom. The Balaban J connectivity index is 1.86. The molecule has 1 heterocycles. The van der Waals surface area contributed by atoms with Crippen molar-refractivity contribution in [3.05, 3.63) is 78.9 Å². The molecule has 5 heteroatoms. The van der Waals surface area contributed by atoms with Crippen molar-refractivity contribution in [2.45, 2.75) is 6.54 Å². The van der Waals surface area contributed by atoms with E-state index in [0.717, 1.165) is 28.4 Å². The van der Waals surface area contributed by atoms with Crippen molar-refractivity contribution in [1.82, 2.24) is 9.97 Å². The summed E-state index contributed by atoms with van der Waals surface area (Å²) in [6.45, 7) is 4.93. The second-order valence-corrected chi connectivity index (χ2v) is 5.66. The zero-order valence-electron chi connectivity index (χ0n) is 14.8. The van der Waals surface area contributed by atoms with Gasteiger partial charge in [-0.25, -0.2) is 4.98 Å². The summed E-state index contributed by atoms with van der Waals surface area (Å²) in [4.78, 5) is 9.14. The molecule has 0 aliphatic heterocycles. The summed E-state index contributed by atoms with van der Waals surface area (Å²) >= 11 is 0. The highest BCUT2D eigenvalue weighted by atomic mass is 16.5. The number of benzene rings is 2. The summed E-state index contributed by atoms with van der Waals surface area (Å²) in [7, 11) is 1.67. The minimum absolute atomic E-state index is 0.564. The number of anilines is 2. The zero-order chi connectivity index (χ0) is 18.2. The van der Waals surface area contributed by atoms with Crippen molar-refractivity contribution in [1.29, 1.82) is 0 Å². The first-order chi connectivity index (χ1) is 12.8. The number of hydrogen-bond acceptors (Lipinski definition) is 5. The van der Waals surface area contributed by atoms with E-state index in [1.54, 1.807) is 13.2 Å². The minimum Gasteiger partial charge on any atom is -0.496 e. The Morgan fingerprint density at radius 1 is 1.00 bits per heavy atom. The summed E-state index contributed by atoms with van der Waals surface area (Å²) in [6.07, 6.45) is 1.78. The van der Waals surface area contributed by atoms with Crippen LogP contribution in [0.1, 0.15) is 5.56 Å². The van der Waals surface area contributed by atoms with Crippen LogP contribution in [0.2, 0.25) is 0 Å². The van der Waals surface area contributed by atoms with Gasteiger partial charge in [-0.15, -0.1) is 6.58 Å². The minimum atomic E-state index is 0.564. The fourth-order valence-corrected chi connectivity index (χ4v) is 2.57. The molecule has 26 heavy (non-hydrogen) atoms. The van der Waals surface area contributed by atoms with E-state index in [-0.39, 0.29) is 0 Å². The molecule has 0 unspecified atom stereocenters. The first kappa shape index (κ1) is 17.5. The van der Waals surface area contributed by atoms with Crippen LogP contribution in [0.5, 0.6) is 5.75 Å².